The van der Waals surface area contributed by atoms with Crippen molar-refractivity contribution in [3.63, 3.8) is 0 Å². The molecule has 1 N–H and O–H groups in total. The summed E-state index contributed by atoms with van der Waals surface area (Å²) in [5.41, 5.74) is 0.935. The van der Waals surface area contributed by atoms with E-state index in [1.165, 1.54) is 37.8 Å². The molecule has 116 valence electrons. The van der Waals surface area contributed by atoms with E-state index in [9.17, 15) is 8.78 Å². The fourth-order valence-corrected chi connectivity index (χ4v) is 3.92. The predicted octanol–water partition coefficient (Wildman–Crippen LogP) is 3.46. The molecule has 0 bridgehead atoms. The number of rotatable bonds is 3. The lowest BCUT2D eigenvalue weighted by Gasteiger charge is -2.48. The van der Waals surface area contributed by atoms with Crippen molar-refractivity contribution >= 4 is 0 Å². The summed E-state index contributed by atoms with van der Waals surface area (Å²) in [6, 6.07) is 4.36. The van der Waals surface area contributed by atoms with Gasteiger partial charge in [-0.05, 0) is 37.0 Å². The number of benzene rings is 1. The van der Waals surface area contributed by atoms with Gasteiger partial charge in [-0.15, -0.1) is 0 Å². The van der Waals surface area contributed by atoms with E-state index in [4.69, 9.17) is 0 Å². The van der Waals surface area contributed by atoms with Crippen molar-refractivity contribution in [2.45, 2.75) is 57.2 Å². The van der Waals surface area contributed by atoms with Gasteiger partial charge >= 0.3 is 0 Å². The Balaban J connectivity index is 1.81. The number of hydrogen-bond donors (Lipinski definition) is 1. The van der Waals surface area contributed by atoms with Crippen LogP contribution in [0.5, 0.6) is 0 Å². The highest BCUT2D eigenvalue weighted by atomic mass is 19.1. The van der Waals surface area contributed by atoms with Crippen molar-refractivity contribution in [3.05, 3.63) is 35.4 Å². The number of nitrogens with zero attached hydrogens (tertiary/aromatic N) is 1. The van der Waals surface area contributed by atoms with Gasteiger partial charge in [0.25, 0.3) is 0 Å². The maximum atomic E-state index is 13.4. The van der Waals surface area contributed by atoms with Crippen LogP contribution in [0.1, 0.15) is 44.6 Å². The van der Waals surface area contributed by atoms with E-state index in [1.54, 1.807) is 0 Å². The molecule has 21 heavy (non-hydrogen) atoms. The van der Waals surface area contributed by atoms with Gasteiger partial charge in [0.05, 0.1) is 0 Å². The van der Waals surface area contributed by atoms with Gasteiger partial charge in [0, 0.05) is 37.3 Å². The Kier molecular flexibility index (Phi) is 4.27. The van der Waals surface area contributed by atoms with E-state index in [2.05, 4.69) is 17.1 Å². The molecular formula is C17H24F2N2. The van der Waals surface area contributed by atoms with E-state index in [0.29, 0.717) is 12.6 Å². The molecule has 1 heterocycles. The molecule has 1 unspecified atom stereocenters. The Labute approximate surface area is 125 Å². The average Bonchev–Trinajstić information content (AvgIpc) is 2.90. The van der Waals surface area contributed by atoms with E-state index < -0.39 is 11.6 Å². The first kappa shape index (κ1) is 14.9. The van der Waals surface area contributed by atoms with Crippen LogP contribution in [0.2, 0.25) is 0 Å². The summed E-state index contributed by atoms with van der Waals surface area (Å²) < 4.78 is 26.8. The first-order valence-corrected chi connectivity index (χ1v) is 8.05. The van der Waals surface area contributed by atoms with Gasteiger partial charge in [-0.3, -0.25) is 4.90 Å². The summed E-state index contributed by atoms with van der Waals surface area (Å²) >= 11 is 0. The van der Waals surface area contributed by atoms with Crippen LogP contribution in [0, 0.1) is 11.6 Å². The third-order valence-corrected chi connectivity index (χ3v) is 5.15. The molecule has 2 fully saturated rings. The number of piperazine rings is 1. The van der Waals surface area contributed by atoms with Crippen LogP contribution in [-0.4, -0.2) is 29.6 Å². The topological polar surface area (TPSA) is 15.3 Å². The Morgan fingerprint density at radius 1 is 1.19 bits per heavy atom. The molecule has 1 saturated heterocycles. The Bertz CT molecular complexity index is 477. The first-order valence-electron chi connectivity index (χ1n) is 8.05. The van der Waals surface area contributed by atoms with E-state index in [1.807, 2.05) is 0 Å². The molecule has 3 rings (SSSR count). The van der Waals surface area contributed by atoms with Gasteiger partial charge in [-0.1, -0.05) is 19.8 Å². The highest BCUT2D eigenvalue weighted by Crippen LogP contribution is 2.38. The molecule has 1 spiro atoms. The molecule has 1 aliphatic carbocycles. The average molecular weight is 294 g/mol. The molecule has 1 saturated carbocycles. The summed E-state index contributed by atoms with van der Waals surface area (Å²) in [5.74, 6) is -0.958. The van der Waals surface area contributed by atoms with Crippen molar-refractivity contribution in [1.82, 2.24) is 10.2 Å². The lowest BCUT2D eigenvalue weighted by atomic mass is 9.90. The second-order valence-electron chi connectivity index (χ2n) is 6.58. The summed E-state index contributed by atoms with van der Waals surface area (Å²) in [7, 11) is 0. The molecule has 0 amide bonds. The summed E-state index contributed by atoms with van der Waals surface area (Å²) in [6.45, 7) is 4.80. The van der Waals surface area contributed by atoms with Crippen molar-refractivity contribution in [3.8, 4) is 0 Å². The van der Waals surface area contributed by atoms with Gasteiger partial charge < -0.3 is 5.32 Å². The third-order valence-electron chi connectivity index (χ3n) is 5.15. The Morgan fingerprint density at radius 2 is 1.86 bits per heavy atom. The molecule has 2 aliphatic rings. The minimum atomic E-state index is -0.479. The SMILES string of the molecule is CCC1CN(Cc2cc(F)cc(F)c2)C2(CCCC2)CN1. The van der Waals surface area contributed by atoms with E-state index >= 15 is 0 Å². The zero-order chi connectivity index (χ0) is 14.9. The lowest BCUT2D eigenvalue weighted by molar-refractivity contribution is 0.0348. The quantitative estimate of drug-likeness (QED) is 0.918. The zero-order valence-electron chi connectivity index (χ0n) is 12.7. The maximum absolute atomic E-state index is 13.4. The fraction of sp³-hybridized carbons (Fsp3) is 0.647. The van der Waals surface area contributed by atoms with Crippen molar-refractivity contribution in [1.29, 1.82) is 0 Å². The molecule has 1 aliphatic heterocycles. The minimum Gasteiger partial charge on any atom is -0.311 e. The Morgan fingerprint density at radius 3 is 2.48 bits per heavy atom. The molecule has 0 radical (unpaired) electrons. The van der Waals surface area contributed by atoms with Crippen molar-refractivity contribution in [2.75, 3.05) is 13.1 Å². The molecule has 1 aromatic rings. The molecule has 1 atom stereocenters. The largest absolute Gasteiger partial charge is 0.311 e. The molecule has 2 nitrogen and oxygen atoms in total. The van der Waals surface area contributed by atoms with E-state index in [-0.39, 0.29) is 5.54 Å². The van der Waals surface area contributed by atoms with E-state index in [0.717, 1.165) is 31.1 Å². The van der Waals surface area contributed by atoms with Crippen LogP contribution in [-0.2, 0) is 6.54 Å². The van der Waals surface area contributed by atoms with Gasteiger partial charge in [0.15, 0.2) is 0 Å². The smallest absolute Gasteiger partial charge is 0.126 e. The molecule has 1 aromatic carbocycles. The second kappa shape index (κ2) is 6.01. The minimum absolute atomic E-state index is 0.189. The van der Waals surface area contributed by atoms with Crippen LogP contribution in [0.3, 0.4) is 0 Å². The number of nitrogens with one attached hydrogen (secondary N) is 1. The molecule has 0 aromatic heterocycles. The van der Waals surface area contributed by atoms with Gasteiger partial charge in [0.1, 0.15) is 11.6 Å². The van der Waals surface area contributed by atoms with Gasteiger partial charge in [-0.25, -0.2) is 8.78 Å². The predicted molar refractivity (Wildman–Crippen MR) is 80.0 cm³/mol. The van der Waals surface area contributed by atoms with Crippen molar-refractivity contribution < 1.29 is 8.78 Å². The van der Waals surface area contributed by atoms with Crippen LogP contribution in [0.4, 0.5) is 8.78 Å². The van der Waals surface area contributed by atoms with Crippen molar-refractivity contribution in [2.24, 2.45) is 0 Å². The second-order valence-corrected chi connectivity index (χ2v) is 6.58. The van der Waals surface area contributed by atoms with Crippen LogP contribution in [0.25, 0.3) is 0 Å². The van der Waals surface area contributed by atoms with Gasteiger partial charge in [0.2, 0.25) is 0 Å². The monoisotopic (exact) mass is 294 g/mol. The molecule has 4 heteroatoms. The zero-order valence-corrected chi connectivity index (χ0v) is 12.7. The Hall–Kier alpha value is -1.00. The lowest BCUT2D eigenvalue weighted by Crippen LogP contribution is -2.62. The normalized spacial score (nSPS) is 25.6. The number of halogens is 2. The standard InChI is InChI=1S/C17H24F2N2/c1-2-16-11-21(17(12-20-16)5-3-4-6-17)10-13-7-14(18)9-15(19)8-13/h7-9,16,20H,2-6,10-12H2,1H3. The van der Waals surface area contributed by atoms with Crippen LogP contribution < -0.4 is 5.32 Å². The summed E-state index contributed by atoms with van der Waals surface area (Å²) in [5, 5.41) is 3.65. The van der Waals surface area contributed by atoms with Gasteiger partial charge in [-0.2, -0.15) is 0 Å². The summed E-state index contributed by atoms with van der Waals surface area (Å²) in [6.07, 6.45) is 5.98. The fourth-order valence-electron chi connectivity index (χ4n) is 3.92. The molecular weight excluding hydrogens is 270 g/mol. The van der Waals surface area contributed by atoms with Crippen LogP contribution >= 0.6 is 0 Å². The third kappa shape index (κ3) is 3.11. The number of hydrogen-bond acceptors (Lipinski definition) is 2. The highest BCUT2D eigenvalue weighted by Gasteiger charge is 2.42. The maximum Gasteiger partial charge on any atom is 0.126 e. The first-order chi connectivity index (χ1) is 10.1. The summed E-state index contributed by atoms with van der Waals surface area (Å²) in [4.78, 5) is 2.47. The van der Waals surface area contributed by atoms with Crippen LogP contribution in [0.15, 0.2) is 18.2 Å². The highest BCUT2D eigenvalue weighted by molar-refractivity contribution is 5.19.